The fourth-order valence-electron chi connectivity index (χ4n) is 2.86. The van der Waals surface area contributed by atoms with E-state index >= 15 is 0 Å². The van der Waals surface area contributed by atoms with E-state index in [1.54, 1.807) is 35.6 Å². The zero-order chi connectivity index (χ0) is 20.8. The van der Waals surface area contributed by atoms with Crippen molar-refractivity contribution in [2.75, 3.05) is 19.0 Å². The average molecular weight is 410 g/mol. The summed E-state index contributed by atoms with van der Waals surface area (Å²) in [4.78, 5) is 30.0. The average Bonchev–Trinajstić information content (AvgIpc) is 3.09. The van der Waals surface area contributed by atoms with E-state index in [0.29, 0.717) is 24.4 Å². The van der Waals surface area contributed by atoms with E-state index in [9.17, 15) is 9.59 Å². The van der Waals surface area contributed by atoms with Crippen LogP contribution in [0.25, 0.3) is 10.6 Å². The van der Waals surface area contributed by atoms with E-state index in [1.807, 2.05) is 19.1 Å². The normalized spacial score (nSPS) is 10.4. The number of hydrogen-bond acceptors (Lipinski definition) is 5. The predicted molar refractivity (Wildman–Crippen MR) is 115 cm³/mol. The number of rotatable bonds is 6. The van der Waals surface area contributed by atoms with Gasteiger partial charge in [-0.3, -0.25) is 9.59 Å². The van der Waals surface area contributed by atoms with E-state index in [0.717, 1.165) is 21.1 Å². The number of amides is 2. The summed E-state index contributed by atoms with van der Waals surface area (Å²) in [6.07, 6.45) is 0.614. The van der Waals surface area contributed by atoms with E-state index in [-0.39, 0.29) is 0 Å². The fraction of sp³-hybridized carbons (Fsp3) is 0.227. The van der Waals surface area contributed by atoms with Gasteiger partial charge in [0.2, 0.25) is 0 Å². The molecule has 1 aromatic heterocycles. The molecule has 29 heavy (non-hydrogen) atoms. The molecule has 0 spiro atoms. The van der Waals surface area contributed by atoms with Crippen LogP contribution in [0.15, 0.2) is 48.5 Å². The van der Waals surface area contributed by atoms with Crippen LogP contribution in [0, 0.1) is 13.8 Å². The highest BCUT2D eigenvalue weighted by molar-refractivity contribution is 7.15. The van der Waals surface area contributed by atoms with Crippen molar-refractivity contribution in [3.63, 3.8) is 0 Å². The molecule has 6 nitrogen and oxygen atoms in total. The third-order valence-electron chi connectivity index (χ3n) is 4.36. The van der Waals surface area contributed by atoms with Gasteiger partial charge in [-0.05, 0) is 32.0 Å². The maximum Gasteiger partial charge on any atom is 0.313 e. The third-order valence-corrected chi connectivity index (χ3v) is 5.62. The molecular formula is C22H23N3O3S. The molecule has 1 heterocycles. The second-order valence-electron chi connectivity index (χ2n) is 6.56. The Morgan fingerprint density at radius 1 is 1.07 bits per heavy atom. The van der Waals surface area contributed by atoms with Gasteiger partial charge in [-0.25, -0.2) is 4.98 Å². The van der Waals surface area contributed by atoms with E-state index in [1.165, 1.54) is 12.7 Å². The molecule has 0 atom stereocenters. The SMILES string of the molecule is COc1ccccc1NC(=O)C(=O)NCCc1sc(-c2cccc(C)c2)nc1C. The van der Waals surface area contributed by atoms with Crippen molar-refractivity contribution < 1.29 is 14.3 Å². The van der Waals surface area contributed by atoms with Gasteiger partial charge in [0.05, 0.1) is 18.5 Å². The minimum Gasteiger partial charge on any atom is -0.495 e. The molecule has 3 aromatic rings. The molecule has 150 valence electrons. The maximum absolute atomic E-state index is 12.1. The Labute approximate surface area is 173 Å². The van der Waals surface area contributed by atoms with Crippen LogP contribution in [0.1, 0.15) is 16.1 Å². The molecule has 0 saturated heterocycles. The lowest BCUT2D eigenvalue weighted by Gasteiger charge is -2.09. The number of thiazole rings is 1. The van der Waals surface area contributed by atoms with Crippen LogP contribution in [-0.4, -0.2) is 30.5 Å². The van der Waals surface area contributed by atoms with Gasteiger partial charge in [0.15, 0.2) is 0 Å². The van der Waals surface area contributed by atoms with Crippen LogP contribution in [0.3, 0.4) is 0 Å². The molecule has 0 aliphatic heterocycles. The molecule has 0 radical (unpaired) electrons. The smallest absolute Gasteiger partial charge is 0.313 e. The Morgan fingerprint density at radius 3 is 2.62 bits per heavy atom. The van der Waals surface area contributed by atoms with Crippen molar-refractivity contribution in [2.24, 2.45) is 0 Å². The van der Waals surface area contributed by atoms with E-state index in [2.05, 4.69) is 34.7 Å². The zero-order valence-corrected chi connectivity index (χ0v) is 17.4. The molecule has 2 amide bonds. The second-order valence-corrected chi connectivity index (χ2v) is 7.64. The first-order valence-corrected chi connectivity index (χ1v) is 10.0. The lowest BCUT2D eigenvalue weighted by atomic mass is 10.1. The number of aryl methyl sites for hydroxylation is 2. The summed E-state index contributed by atoms with van der Waals surface area (Å²) in [5, 5.41) is 6.19. The Kier molecular flexibility index (Phi) is 6.61. The first kappa shape index (κ1) is 20.5. The number of nitrogens with zero attached hydrogens (tertiary/aromatic N) is 1. The highest BCUT2D eigenvalue weighted by Crippen LogP contribution is 2.28. The van der Waals surface area contributed by atoms with Gasteiger partial charge in [-0.1, -0.05) is 35.9 Å². The maximum atomic E-state index is 12.1. The first-order chi connectivity index (χ1) is 14.0. The second kappa shape index (κ2) is 9.34. The molecule has 0 unspecified atom stereocenters. The van der Waals surface area contributed by atoms with Crippen LogP contribution in [0.5, 0.6) is 5.75 Å². The number of para-hydroxylation sites is 2. The van der Waals surface area contributed by atoms with Gasteiger partial charge in [0, 0.05) is 23.4 Å². The largest absolute Gasteiger partial charge is 0.495 e. The molecule has 2 aromatic carbocycles. The van der Waals surface area contributed by atoms with Crippen LogP contribution in [-0.2, 0) is 16.0 Å². The zero-order valence-electron chi connectivity index (χ0n) is 16.6. The summed E-state index contributed by atoms with van der Waals surface area (Å²) in [6, 6.07) is 15.2. The quantitative estimate of drug-likeness (QED) is 0.608. The topological polar surface area (TPSA) is 80.3 Å². The highest BCUT2D eigenvalue weighted by atomic mass is 32.1. The van der Waals surface area contributed by atoms with Crippen molar-refractivity contribution in [1.29, 1.82) is 0 Å². The molecule has 0 aliphatic rings. The van der Waals surface area contributed by atoms with Gasteiger partial charge >= 0.3 is 11.8 Å². The molecule has 3 rings (SSSR count). The van der Waals surface area contributed by atoms with Crippen LogP contribution in [0.2, 0.25) is 0 Å². The van der Waals surface area contributed by atoms with Crippen molar-refractivity contribution in [2.45, 2.75) is 20.3 Å². The number of aromatic nitrogens is 1. The van der Waals surface area contributed by atoms with E-state index in [4.69, 9.17) is 4.74 Å². The minimum atomic E-state index is -0.726. The third kappa shape index (κ3) is 5.20. The van der Waals surface area contributed by atoms with Gasteiger partial charge in [0.25, 0.3) is 0 Å². The van der Waals surface area contributed by atoms with E-state index < -0.39 is 11.8 Å². The number of methoxy groups -OCH3 is 1. The van der Waals surface area contributed by atoms with Crippen molar-refractivity contribution >= 4 is 28.8 Å². The summed E-state index contributed by atoms with van der Waals surface area (Å²) >= 11 is 1.61. The summed E-state index contributed by atoms with van der Waals surface area (Å²) < 4.78 is 5.17. The Morgan fingerprint density at radius 2 is 1.86 bits per heavy atom. The minimum absolute atomic E-state index is 0.356. The number of nitrogens with one attached hydrogen (secondary N) is 2. The van der Waals surface area contributed by atoms with Crippen LogP contribution >= 0.6 is 11.3 Å². The number of ether oxygens (including phenoxy) is 1. The monoisotopic (exact) mass is 409 g/mol. The Balaban J connectivity index is 1.56. The number of benzene rings is 2. The summed E-state index contributed by atoms with van der Waals surface area (Å²) in [7, 11) is 1.51. The Bertz CT molecular complexity index is 1030. The lowest BCUT2D eigenvalue weighted by Crippen LogP contribution is -2.36. The number of carbonyl (C=O) groups excluding carboxylic acids is 2. The lowest BCUT2D eigenvalue weighted by molar-refractivity contribution is -0.136. The molecule has 7 heteroatoms. The molecule has 2 N–H and O–H groups in total. The van der Waals surface area contributed by atoms with Gasteiger partial charge in [-0.2, -0.15) is 0 Å². The van der Waals surface area contributed by atoms with Crippen molar-refractivity contribution in [3.05, 3.63) is 64.7 Å². The number of hydrogen-bond donors (Lipinski definition) is 2. The molecule has 0 fully saturated rings. The van der Waals surface area contributed by atoms with Gasteiger partial charge in [0.1, 0.15) is 10.8 Å². The number of anilines is 1. The van der Waals surface area contributed by atoms with Crippen LogP contribution < -0.4 is 15.4 Å². The molecule has 0 bridgehead atoms. The molecular weight excluding hydrogens is 386 g/mol. The predicted octanol–water partition coefficient (Wildman–Crippen LogP) is 3.73. The highest BCUT2D eigenvalue weighted by Gasteiger charge is 2.16. The van der Waals surface area contributed by atoms with Crippen molar-refractivity contribution in [3.8, 4) is 16.3 Å². The standard InChI is InChI=1S/C22H23N3O3S/c1-14-7-6-8-16(13-14)22-24-15(2)19(29-22)11-12-23-20(26)21(27)25-17-9-4-5-10-18(17)28-3/h4-10,13H,11-12H2,1-3H3,(H,23,26)(H,25,27). The summed E-state index contributed by atoms with van der Waals surface area (Å²) in [5.41, 5.74) is 3.67. The summed E-state index contributed by atoms with van der Waals surface area (Å²) in [6.45, 7) is 4.37. The fourth-order valence-corrected chi connectivity index (χ4v) is 3.92. The first-order valence-electron chi connectivity index (χ1n) is 9.23. The molecule has 0 aliphatic carbocycles. The van der Waals surface area contributed by atoms with Gasteiger partial charge in [-0.15, -0.1) is 11.3 Å². The van der Waals surface area contributed by atoms with Gasteiger partial charge < -0.3 is 15.4 Å². The van der Waals surface area contributed by atoms with Crippen molar-refractivity contribution in [1.82, 2.24) is 10.3 Å². The molecule has 0 saturated carbocycles. The summed E-state index contributed by atoms with van der Waals surface area (Å²) in [5.74, 6) is -0.912. The van der Waals surface area contributed by atoms with Crippen LogP contribution in [0.4, 0.5) is 5.69 Å². The number of carbonyl (C=O) groups is 2. The Hall–Kier alpha value is -3.19.